The summed E-state index contributed by atoms with van der Waals surface area (Å²) in [7, 11) is 0. The fourth-order valence-corrected chi connectivity index (χ4v) is 3.33. The van der Waals surface area contributed by atoms with Gasteiger partial charge in [0.05, 0.1) is 5.69 Å². The van der Waals surface area contributed by atoms with Crippen LogP contribution in [0.2, 0.25) is 0 Å². The number of hydrogen-bond donors (Lipinski definition) is 1. The van der Waals surface area contributed by atoms with Crippen LogP contribution in [0.1, 0.15) is 39.3 Å². The maximum Gasteiger partial charge on any atom is 0.0511 e. The first-order chi connectivity index (χ1) is 9.29. The van der Waals surface area contributed by atoms with Crippen LogP contribution in [0, 0.1) is 0 Å². The molecular weight excluding hydrogens is 314 g/mol. The van der Waals surface area contributed by atoms with E-state index >= 15 is 0 Å². The average Bonchev–Trinajstić information content (AvgIpc) is 2.37. The van der Waals surface area contributed by atoms with Crippen LogP contribution in [0.15, 0.2) is 22.7 Å². The van der Waals surface area contributed by atoms with E-state index in [0.29, 0.717) is 0 Å². The van der Waals surface area contributed by atoms with Gasteiger partial charge in [0.25, 0.3) is 0 Å². The van der Waals surface area contributed by atoms with Gasteiger partial charge in [-0.05, 0) is 61.3 Å². The van der Waals surface area contributed by atoms with Gasteiger partial charge in [0.1, 0.15) is 0 Å². The quantitative estimate of drug-likeness (QED) is 0.896. The Labute approximate surface area is 131 Å². The Kier molecular flexibility index (Phi) is 4.77. The number of nitrogens with two attached hydrogens (primary N) is 1. The van der Waals surface area contributed by atoms with Crippen molar-refractivity contribution >= 4 is 21.6 Å². The molecule has 1 heterocycles. The lowest BCUT2D eigenvalue weighted by Gasteiger charge is -2.43. The van der Waals surface area contributed by atoms with Gasteiger partial charge in [0, 0.05) is 42.2 Å². The zero-order valence-electron chi connectivity index (χ0n) is 13.0. The highest BCUT2D eigenvalue weighted by atomic mass is 79.9. The van der Waals surface area contributed by atoms with Crippen LogP contribution in [0.4, 0.5) is 5.69 Å². The minimum absolute atomic E-state index is 0.0816. The summed E-state index contributed by atoms with van der Waals surface area (Å²) in [5.41, 5.74) is 8.66. The van der Waals surface area contributed by atoms with E-state index in [1.807, 2.05) is 6.92 Å². The van der Waals surface area contributed by atoms with Crippen molar-refractivity contribution in [3.05, 3.63) is 28.2 Å². The van der Waals surface area contributed by atoms with Crippen LogP contribution < -0.4 is 10.6 Å². The fraction of sp³-hybridized carbons (Fsp3) is 0.625. The molecule has 1 aromatic carbocycles. The first kappa shape index (κ1) is 15.8. The number of piperazine rings is 1. The summed E-state index contributed by atoms with van der Waals surface area (Å²) in [4.78, 5) is 5.00. The van der Waals surface area contributed by atoms with Crippen LogP contribution in [-0.4, -0.2) is 36.6 Å². The van der Waals surface area contributed by atoms with Gasteiger partial charge in [-0.15, -0.1) is 0 Å². The van der Waals surface area contributed by atoms with Gasteiger partial charge in [0.15, 0.2) is 0 Å². The van der Waals surface area contributed by atoms with Crippen molar-refractivity contribution in [2.24, 2.45) is 5.73 Å². The monoisotopic (exact) mass is 339 g/mol. The molecule has 20 heavy (non-hydrogen) atoms. The minimum Gasteiger partial charge on any atom is -0.368 e. The third-order valence-corrected chi connectivity index (χ3v) is 4.70. The maximum atomic E-state index is 5.94. The molecule has 0 saturated carbocycles. The van der Waals surface area contributed by atoms with Crippen LogP contribution >= 0.6 is 15.9 Å². The second-order valence-corrected chi connectivity index (χ2v) is 7.50. The zero-order valence-corrected chi connectivity index (χ0v) is 14.6. The molecule has 0 radical (unpaired) electrons. The molecule has 0 spiro atoms. The number of rotatable bonds is 2. The van der Waals surface area contributed by atoms with Gasteiger partial charge in [-0.1, -0.05) is 6.07 Å². The molecule has 4 heteroatoms. The highest BCUT2D eigenvalue weighted by Gasteiger charge is 2.26. The molecule has 1 saturated heterocycles. The molecule has 1 aliphatic heterocycles. The van der Waals surface area contributed by atoms with Gasteiger partial charge in [-0.3, -0.25) is 4.90 Å². The number of anilines is 1. The van der Waals surface area contributed by atoms with Crippen LogP contribution in [0.5, 0.6) is 0 Å². The van der Waals surface area contributed by atoms with Crippen molar-refractivity contribution in [1.29, 1.82) is 0 Å². The highest BCUT2D eigenvalue weighted by molar-refractivity contribution is 9.10. The number of hydrogen-bond acceptors (Lipinski definition) is 3. The zero-order chi connectivity index (χ0) is 14.9. The van der Waals surface area contributed by atoms with E-state index in [9.17, 15) is 0 Å². The normalized spacial score (nSPS) is 19.2. The third-order valence-electron chi connectivity index (χ3n) is 4.07. The van der Waals surface area contributed by atoms with E-state index in [1.54, 1.807) is 0 Å². The molecule has 3 nitrogen and oxygen atoms in total. The molecule has 0 aliphatic carbocycles. The SMILES string of the molecule is C[C@H](N)c1ccc(N2CCN(C(C)(C)C)CC2)c(Br)c1. The molecule has 0 bridgehead atoms. The average molecular weight is 340 g/mol. The fourth-order valence-electron chi connectivity index (χ4n) is 2.68. The largest absolute Gasteiger partial charge is 0.368 e. The third kappa shape index (κ3) is 3.54. The van der Waals surface area contributed by atoms with Crippen molar-refractivity contribution in [2.45, 2.75) is 39.3 Å². The predicted molar refractivity (Wildman–Crippen MR) is 90.3 cm³/mol. The maximum absolute atomic E-state index is 5.94. The van der Waals surface area contributed by atoms with Crippen molar-refractivity contribution in [2.75, 3.05) is 31.1 Å². The van der Waals surface area contributed by atoms with Crippen LogP contribution in [0.3, 0.4) is 0 Å². The van der Waals surface area contributed by atoms with Gasteiger partial charge in [-0.2, -0.15) is 0 Å². The Hall–Kier alpha value is -0.580. The summed E-state index contributed by atoms with van der Waals surface area (Å²) in [6.07, 6.45) is 0. The standard InChI is InChI=1S/C16H26BrN3/c1-12(18)13-5-6-15(14(17)11-13)19-7-9-20(10-8-19)16(2,3)4/h5-6,11-12H,7-10,18H2,1-4H3/t12-/m0/s1. The Bertz CT molecular complexity index is 457. The summed E-state index contributed by atoms with van der Waals surface area (Å²) in [5, 5.41) is 0. The first-order valence-corrected chi connectivity index (χ1v) is 8.13. The van der Waals surface area contributed by atoms with Gasteiger partial charge < -0.3 is 10.6 Å². The molecular formula is C16H26BrN3. The Morgan fingerprint density at radius 3 is 2.20 bits per heavy atom. The van der Waals surface area contributed by atoms with Crippen molar-refractivity contribution in [3.63, 3.8) is 0 Å². The lowest BCUT2D eigenvalue weighted by molar-refractivity contribution is 0.128. The van der Waals surface area contributed by atoms with E-state index < -0.39 is 0 Å². The van der Waals surface area contributed by atoms with E-state index in [1.165, 1.54) is 11.3 Å². The van der Waals surface area contributed by atoms with Gasteiger partial charge in [0.2, 0.25) is 0 Å². The molecule has 1 aromatic rings. The summed E-state index contributed by atoms with van der Waals surface area (Å²) in [6, 6.07) is 6.56. The molecule has 2 rings (SSSR count). The van der Waals surface area contributed by atoms with E-state index in [2.05, 4.69) is 64.7 Å². The van der Waals surface area contributed by atoms with E-state index in [0.717, 1.165) is 30.7 Å². The molecule has 1 fully saturated rings. The Morgan fingerprint density at radius 1 is 1.15 bits per heavy atom. The van der Waals surface area contributed by atoms with Crippen LogP contribution in [0.25, 0.3) is 0 Å². The predicted octanol–water partition coefficient (Wildman–Crippen LogP) is 3.39. The second-order valence-electron chi connectivity index (χ2n) is 6.64. The molecule has 1 aliphatic rings. The number of halogens is 1. The molecule has 0 aromatic heterocycles. The highest BCUT2D eigenvalue weighted by Crippen LogP contribution is 2.30. The minimum atomic E-state index is 0.0816. The second kappa shape index (κ2) is 6.04. The Balaban J connectivity index is 2.07. The first-order valence-electron chi connectivity index (χ1n) is 7.34. The molecule has 0 unspecified atom stereocenters. The van der Waals surface area contributed by atoms with Gasteiger partial charge in [-0.25, -0.2) is 0 Å². The lowest BCUT2D eigenvalue weighted by atomic mass is 10.0. The van der Waals surface area contributed by atoms with E-state index in [4.69, 9.17) is 5.73 Å². The number of nitrogens with zero attached hydrogens (tertiary/aromatic N) is 2. The smallest absolute Gasteiger partial charge is 0.0511 e. The van der Waals surface area contributed by atoms with Crippen LogP contribution in [-0.2, 0) is 0 Å². The molecule has 0 amide bonds. The topological polar surface area (TPSA) is 32.5 Å². The van der Waals surface area contributed by atoms with Crippen molar-refractivity contribution in [1.82, 2.24) is 4.90 Å². The molecule has 112 valence electrons. The Morgan fingerprint density at radius 2 is 1.75 bits per heavy atom. The van der Waals surface area contributed by atoms with E-state index in [-0.39, 0.29) is 11.6 Å². The summed E-state index contributed by atoms with van der Waals surface area (Å²) in [6.45, 7) is 13.3. The number of benzene rings is 1. The van der Waals surface area contributed by atoms with Gasteiger partial charge >= 0.3 is 0 Å². The lowest BCUT2D eigenvalue weighted by Crippen LogP contribution is -2.53. The summed E-state index contributed by atoms with van der Waals surface area (Å²) >= 11 is 3.69. The summed E-state index contributed by atoms with van der Waals surface area (Å²) < 4.78 is 1.15. The summed E-state index contributed by atoms with van der Waals surface area (Å²) in [5.74, 6) is 0. The van der Waals surface area contributed by atoms with Crippen molar-refractivity contribution < 1.29 is 0 Å². The molecule has 2 N–H and O–H groups in total. The molecule has 1 atom stereocenters. The van der Waals surface area contributed by atoms with Crippen molar-refractivity contribution in [3.8, 4) is 0 Å².